The Kier molecular flexibility index (Phi) is 7.73. The van der Waals surface area contributed by atoms with Crippen molar-refractivity contribution in [3.63, 3.8) is 0 Å². The normalized spacial score (nSPS) is 17.7. The van der Waals surface area contributed by atoms with Crippen molar-refractivity contribution >= 4 is 15.9 Å². The third-order valence-corrected chi connectivity index (χ3v) is 9.86. The smallest absolute Gasteiger partial charge is 0.253 e. The summed E-state index contributed by atoms with van der Waals surface area (Å²) in [7, 11) is -3.65. The van der Waals surface area contributed by atoms with E-state index >= 15 is 0 Å². The quantitative estimate of drug-likeness (QED) is 0.475. The standard InChI is InChI=1S/C29H43N3O3S/c1-19-20(2)27(36(34,35)31-29(4,5)6)16-15-24(19)26-17-25(28(33)30-23-13-10-14-23)21(3)32(26)18-22-11-8-7-9-12-22/h15-17,22-23,31H,7-14,18H2,1-6H3,(H,30,33). The molecule has 4 rings (SSSR count). The fourth-order valence-corrected chi connectivity index (χ4v) is 7.32. The van der Waals surface area contributed by atoms with Crippen LogP contribution in [-0.2, 0) is 16.6 Å². The van der Waals surface area contributed by atoms with Gasteiger partial charge in [-0.05, 0) is 103 Å². The number of nitrogens with one attached hydrogen (secondary N) is 2. The molecule has 0 spiro atoms. The van der Waals surface area contributed by atoms with E-state index in [4.69, 9.17) is 0 Å². The molecule has 2 aromatic rings. The maximum absolute atomic E-state index is 13.2. The van der Waals surface area contributed by atoms with Crippen LogP contribution in [0.15, 0.2) is 23.1 Å². The third kappa shape index (κ3) is 5.72. The highest BCUT2D eigenvalue weighted by molar-refractivity contribution is 7.89. The van der Waals surface area contributed by atoms with Crippen LogP contribution in [0.2, 0.25) is 0 Å². The van der Waals surface area contributed by atoms with Gasteiger partial charge in [0.05, 0.1) is 10.5 Å². The summed E-state index contributed by atoms with van der Waals surface area (Å²) < 4.78 is 31.3. The first kappa shape index (κ1) is 26.9. The second-order valence-corrected chi connectivity index (χ2v) is 13.6. The Bertz CT molecular complexity index is 1230. The van der Waals surface area contributed by atoms with E-state index in [1.54, 1.807) is 6.07 Å². The highest BCUT2D eigenvalue weighted by Gasteiger charge is 2.28. The number of nitrogens with zero attached hydrogens (tertiary/aromatic N) is 1. The predicted octanol–water partition coefficient (Wildman–Crippen LogP) is 6.02. The Hall–Kier alpha value is -2.12. The zero-order valence-corrected chi connectivity index (χ0v) is 23.6. The van der Waals surface area contributed by atoms with E-state index < -0.39 is 15.6 Å². The van der Waals surface area contributed by atoms with Gasteiger partial charge in [0.15, 0.2) is 0 Å². The fraction of sp³-hybridized carbons (Fsp3) is 0.621. The maximum atomic E-state index is 13.2. The molecule has 0 saturated heterocycles. The lowest BCUT2D eigenvalue weighted by Gasteiger charge is -2.26. The molecule has 7 heteroatoms. The van der Waals surface area contributed by atoms with Gasteiger partial charge in [0.25, 0.3) is 5.91 Å². The minimum Gasteiger partial charge on any atom is -0.349 e. The third-order valence-electron chi connectivity index (χ3n) is 7.96. The van der Waals surface area contributed by atoms with Crippen molar-refractivity contribution in [1.29, 1.82) is 0 Å². The van der Waals surface area contributed by atoms with Crippen LogP contribution in [0.3, 0.4) is 0 Å². The van der Waals surface area contributed by atoms with Gasteiger partial charge < -0.3 is 9.88 Å². The molecule has 1 amide bonds. The van der Waals surface area contributed by atoms with Gasteiger partial charge in [0, 0.05) is 35.1 Å². The second kappa shape index (κ2) is 10.3. The molecule has 6 nitrogen and oxygen atoms in total. The van der Waals surface area contributed by atoms with Crippen LogP contribution in [0, 0.1) is 26.7 Å². The summed E-state index contributed by atoms with van der Waals surface area (Å²) in [6, 6.07) is 5.94. The zero-order valence-electron chi connectivity index (χ0n) is 22.8. The Morgan fingerprint density at radius 3 is 2.22 bits per heavy atom. The molecule has 198 valence electrons. The molecule has 1 aromatic heterocycles. The molecule has 0 radical (unpaired) electrons. The van der Waals surface area contributed by atoms with Crippen LogP contribution >= 0.6 is 0 Å². The first-order valence-electron chi connectivity index (χ1n) is 13.5. The highest BCUT2D eigenvalue weighted by atomic mass is 32.2. The summed E-state index contributed by atoms with van der Waals surface area (Å²) in [5.41, 5.74) is 4.83. The molecule has 2 aliphatic rings. The molecule has 0 aliphatic heterocycles. The van der Waals surface area contributed by atoms with Crippen molar-refractivity contribution in [2.45, 2.75) is 116 Å². The molecule has 2 fully saturated rings. The first-order valence-corrected chi connectivity index (χ1v) is 15.0. The number of carbonyl (C=O) groups excluding carboxylic acids is 1. The van der Waals surface area contributed by atoms with Crippen LogP contribution in [-0.4, -0.2) is 30.5 Å². The molecule has 0 unspecified atom stereocenters. The van der Waals surface area contributed by atoms with Crippen molar-refractivity contribution in [3.05, 3.63) is 40.6 Å². The Balaban J connectivity index is 1.76. The summed E-state index contributed by atoms with van der Waals surface area (Å²) in [6.07, 6.45) is 9.55. The number of amides is 1. The minimum atomic E-state index is -3.65. The van der Waals surface area contributed by atoms with Crippen molar-refractivity contribution in [2.24, 2.45) is 5.92 Å². The maximum Gasteiger partial charge on any atom is 0.253 e. The number of aromatic nitrogens is 1. The van der Waals surface area contributed by atoms with E-state index in [0.29, 0.717) is 10.8 Å². The summed E-state index contributed by atoms with van der Waals surface area (Å²) in [5, 5.41) is 3.21. The lowest BCUT2D eigenvalue weighted by Crippen LogP contribution is -2.40. The van der Waals surface area contributed by atoms with Crippen molar-refractivity contribution in [1.82, 2.24) is 14.6 Å². The van der Waals surface area contributed by atoms with Crippen molar-refractivity contribution < 1.29 is 13.2 Å². The van der Waals surface area contributed by atoms with Gasteiger partial charge in [0.2, 0.25) is 10.0 Å². The van der Waals surface area contributed by atoms with Crippen LogP contribution in [0.4, 0.5) is 0 Å². The Morgan fingerprint density at radius 1 is 0.972 bits per heavy atom. The molecule has 2 aliphatic carbocycles. The van der Waals surface area contributed by atoms with Crippen LogP contribution in [0.1, 0.15) is 99.3 Å². The van der Waals surface area contributed by atoms with Crippen LogP contribution < -0.4 is 10.0 Å². The van der Waals surface area contributed by atoms with Gasteiger partial charge in [-0.1, -0.05) is 25.3 Å². The van der Waals surface area contributed by atoms with E-state index in [0.717, 1.165) is 53.0 Å². The van der Waals surface area contributed by atoms with Gasteiger partial charge >= 0.3 is 0 Å². The van der Waals surface area contributed by atoms with E-state index in [-0.39, 0.29) is 11.9 Å². The molecule has 1 aromatic carbocycles. The second-order valence-electron chi connectivity index (χ2n) is 12.0. The van der Waals surface area contributed by atoms with Gasteiger partial charge in [0.1, 0.15) is 0 Å². The molecule has 1 heterocycles. The SMILES string of the molecule is Cc1c(-c2cc(C(=O)NC3CCC3)c(C)n2CC2CCCCC2)ccc(S(=O)(=O)NC(C)(C)C)c1C. The number of rotatable bonds is 7. The summed E-state index contributed by atoms with van der Waals surface area (Å²) >= 11 is 0. The number of hydrogen-bond acceptors (Lipinski definition) is 3. The van der Waals surface area contributed by atoms with Crippen LogP contribution in [0.5, 0.6) is 0 Å². The first-order chi connectivity index (χ1) is 16.9. The largest absolute Gasteiger partial charge is 0.349 e. The average Bonchev–Trinajstić information content (AvgIpc) is 3.07. The number of carbonyl (C=O) groups is 1. The topological polar surface area (TPSA) is 80.2 Å². The summed E-state index contributed by atoms with van der Waals surface area (Å²) in [6.45, 7) is 12.3. The lowest BCUT2D eigenvalue weighted by atomic mass is 9.89. The van der Waals surface area contributed by atoms with Gasteiger partial charge in [-0.25, -0.2) is 13.1 Å². The Morgan fingerprint density at radius 2 is 1.64 bits per heavy atom. The number of benzene rings is 1. The Labute approximate surface area is 217 Å². The van der Waals surface area contributed by atoms with E-state index in [1.165, 1.54) is 38.5 Å². The van der Waals surface area contributed by atoms with Crippen molar-refractivity contribution in [3.8, 4) is 11.3 Å². The number of hydrogen-bond donors (Lipinski definition) is 2. The molecule has 36 heavy (non-hydrogen) atoms. The lowest BCUT2D eigenvalue weighted by molar-refractivity contribution is 0.0916. The van der Waals surface area contributed by atoms with E-state index in [9.17, 15) is 13.2 Å². The van der Waals surface area contributed by atoms with E-state index in [1.807, 2.05) is 46.8 Å². The van der Waals surface area contributed by atoms with Gasteiger partial charge in [-0.2, -0.15) is 0 Å². The summed E-state index contributed by atoms with van der Waals surface area (Å²) in [4.78, 5) is 13.5. The molecule has 2 N–H and O–H groups in total. The van der Waals surface area contributed by atoms with Gasteiger partial charge in [-0.15, -0.1) is 0 Å². The van der Waals surface area contributed by atoms with Crippen molar-refractivity contribution in [2.75, 3.05) is 0 Å². The average molecular weight is 514 g/mol. The molecule has 0 bridgehead atoms. The monoisotopic (exact) mass is 513 g/mol. The minimum absolute atomic E-state index is 0.00351. The fourth-order valence-electron chi connectivity index (χ4n) is 5.60. The van der Waals surface area contributed by atoms with Crippen LogP contribution in [0.25, 0.3) is 11.3 Å². The zero-order chi connectivity index (χ0) is 26.3. The van der Waals surface area contributed by atoms with E-state index in [2.05, 4.69) is 21.5 Å². The molecule has 0 atom stereocenters. The highest BCUT2D eigenvalue weighted by Crippen LogP contribution is 2.35. The van der Waals surface area contributed by atoms with Gasteiger partial charge in [-0.3, -0.25) is 4.79 Å². The molecule has 2 saturated carbocycles. The molecular weight excluding hydrogens is 470 g/mol. The molecular formula is C29H43N3O3S. The number of sulfonamides is 1. The predicted molar refractivity (Wildman–Crippen MR) is 146 cm³/mol. The summed E-state index contributed by atoms with van der Waals surface area (Å²) in [5.74, 6) is 0.604.